The van der Waals surface area contributed by atoms with Crippen LogP contribution in [0.1, 0.15) is 40.2 Å². The molecule has 1 N–H and O–H groups in total. The molecule has 0 saturated carbocycles. The van der Waals surface area contributed by atoms with E-state index >= 15 is 0 Å². The molecule has 1 aliphatic carbocycles. The van der Waals surface area contributed by atoms with Crippen LogP contribution in [-0.4, -0.2) is 53.3 Å². The van der Waals surface area contributed by atoms with E-state index in [0.29, 0.717) is 25.1 Å². The molecule has 0 unspecified atom stereocenters. The van der Waals surface area contributed by atoms with E-state index < -0.39 is 18.0 Å². The second kappa shape index (κ2) is 34.5. The number of hydrogen-bond acceptors (Lipinski definition) is 5. The Kier molecular flexibility index (Phi) is 24.5. The Morgan fingerprint density at radius 1 is 0.481 bits per heavy atom. The van der Waals surface area contributed by atoms with Crippen molar-refractivity contribution in [3.05, 3.63) is 89.5 Å². The third-order valence-electron chi connectivity index (χ3n) is 9.73. The van der Waals surface area contributed by atoms with Crippen molar-refractivity contribution in [1.82, 2.24) is 9.80 Å². The zero-order valence-electron chi connectivity index (χ0n) is 41.3. The van der Waals surface area contributed by atoms with Crippen molar-refractivity contribution in [3.63, 3.8) is 0 Å². The summed E-state index contributed by atoms with van der Waals surface area (Å²) in [5.74, 6) is 97.8. The first-order valence-electron chi connectivity index (χ1n) is 22.8. The highest BCUT2D eigenvalue weighted by Gasteiger charge is 2.36. The van der Waals surface area contributed by atoms with Gasteiger partial charge in [0.15, 0.2) is 5.78 Å². The van der Waals surface area contributed by atoms with Crippen LogP contribution in [0, 0.1) is 262 Å². The number of nitrogens with one attached hydrogen (secondary N) is 1. The average molecular weight is 998 g/mol. The van der Waals surface area contributed by atoms with E-state index in [2.05, 4.69) is 278 Å². The normalized spacial score (nSPS) is 9.65. The van der Waals surface area contributed by atoms with Crippen LogP contribution in [-0.2, 0) is 9.53 Å². The number of likely N-dealkylation sites (tertiary alicyclic amines) is 1. The molecule has 1 fully saturated rings. The zero-order chi connectivity index (χ0) is 55.6. The van der Waals surface area contributed by atoms with Gasteiger partial charge in [0, 0.05) is 178 Å². The molecule has 0 bridgehead atoms. The molecule has 0 radical (unpaired) electrons. The van der Waals surface area contributed by atoms with Crippen LogP contribution in [0.4, 0.5) is 10.5 Å². The second-order valence-electron chi connectivity index (χ2n) is 14.5. The monoisotopic (exact) mass is 997 g/mol. The number of nitrogens with zero attached hydrogens (tertiary/aromatic N) is 2. The third kappa shape index (κ3) is 20.4. The summed E-state index contributed by atoms with van der Waals surface area (Å²) >= 11 is 0. The highest BCUT2D eigenvalue weighted by atomic mass is 16.6. The van der Waals surface area contributed by atoms with Crippen LogP contribution in [0.15, 0.2) is 72.8 Å². The van der Waals surface area contributed by atoms with Crippen molar-refractivity contribution >= 4 is 23.5 Å². The Morgan fingerprint density at radius 3 is 1.22 bits per heavy atom. The van der Waals surface area contributed by atoms with Gasteiger partial charge in [0.05, 0.1) is 12.6 Å². The number of ether oxygens (including phenoxy) is 1. The molecule has 3 aromatic rings. The summed E-state index contributed by atoms with van der Waals surface area (Å²) in [6.45, 7) is 0.501. The molecule has 5 rings (SSSR count). The van der Waals surface area contributed by atoms with E-state index in [9.17, 15) is 14.4 Å². The summed E-state index contributed by atoms with van der Waals surface area (Å²) < 4.78 is 5.87. The molecule has 1 aliphatic heterocycles. The SMILES string of the molecule is C#CC#CC#CC#CC#CC#CC#CC#CC#CC#CC#CN(C#CC#CC#CC#CC#CC#CC#CC#CC#CC#CC#C)C(=O)c1ccc(NCC(=O)[C@@H]2CCCN2C(=O)OCC2c3ccccc3-c3ccccc32)cc1. The highest BCUT2D eigenvalue weighted by Crippen LogP contribution is 2.44. The molecule has 7 heteroatoms. The lowest BCUT2D eigenvalue weighted by molar-refractivity contribution is -0.121. The van der Waals surface area contributed by atoms with E-state index in [1.165, 1.54) is 4.90 Å². The number of rotatable bonds is 7. The number of anilines is 1. The highest BCUT2D eigenvalue weighted by molar-refractivity contribution is 5.97. The van der Waals surface area contributed by atoms with Crippen LogP contribution in [0.2, 0.25) is 0 Å². The number of amides is 2. The Labute approximate surface area is 462 Å². The van der Waals surface area contributed by atoms with E-state index in [0.717, 1.165) is 27.2 Å². The minimum atomic E-state index is -0.644. The Bertz CT molecular complexity index is 4250. The minimum absolute atomic E-state index is 0.0644. The molecule has 1 atom stereocenters. The van der Waals surface area contributed by atoms with Gasteiger partial charge in [0.1, 0.15) is 6.61 Å². The number of benzene rings is 3. The quantitative estimate of drug-likeness (QED) is 0.273. The van der Waals surface area contributed by atoms with Crippen molar-refractivity contribution in [1.29, 1.82) is 0 Å². The molecular formula is C72H27N3O4. The fourth-order valence-corrected chi connectivity index (χ4v) is 6.60. The van der Waals surface area contributed by atoms with Crippen LogP contribution in [0.3, 0.4) is 0 Å². The maximum atomic E-state index is 13.6. The molecule has 2 amide bonds. The number of ketones is 1. The largest absolute Gasteiger partial charge is 0.448 e. The smallest absolute Gasteiger partial charge is 0.410 e. The van der Waals surface area contributed by atoms with E-state index in [1.54, 1.807) is 24.3 Å². The standard InChI is InChI=1S/C72H27N3O4/c1-3-5-7-9-11-13-15-17-19-21-23-25-27-29-31-33-35-37-39-45-57-74(58-46-40-38-36-34-32-30-28-26-24-22-20-18-16-14-12-10-8-6-4-2)71(77)62-53-55-63(56-54-62)73-60-70(76)69-52-47-59-75(69)72(78)79-61-68-66-50-43-41-48-64(66)65-49-42-44-51-67(65)68/h1-2,41-44,48-51,53-56,68-69,73H,47,52,59-61H2/t69-/m0/s1. The lowest BCUT2D eigenvalue weighted by atomic mass is 9.98. The van der Waals surface area contributed by atoms with E-state index in [-0.39, 0.29) is 30.4 Å². The van der Waals surface area contributed by atoms with Gasteiger partial charge in [0.25, 0.3) is 5.91 Å². The van der Waals surface area contributed by atoms with Gasteiger partial charge in [-0.3, -0.25) is 14.5 Å². The van der Waals surface area contributed by atoms with Crippen molar-refractivity contribution in [2.45, 2.75) is 24.8 Å². The molecule has 0 spiro atoms. The van der Waals surface area contributed by atoms with Gasteiger partial charge < -0.3 is 10.1 Å². The lowest BCUT2D eigenvalue weighted by Crippen LogP contribution is -2.43. The van der Waals surface area contributed by atoms with Gasteiger partial charge in [-0.05, 0) is 154 Å². The van der Waals surface area contributed by atoms with Crippen LogP contribution in [0.5, 0.6) is 0 Å². The summed E-state index contributed by atoms with van der Waals surface area (Å²) in [5.41, 5.74) is 5.23. The summed E-state index contributed by atoms with van der Waals surface area (Å²) in [6, 6.07) is 27.1. The van der Waals surface area contributed by atoms with Crippen molar-refractivity contribution in [2.75, 3.05) is 25.0 Å². The number of Topliss-reactive ketones (excluding diaryl/α,β-unsaturated/α-hetero) is 1. The second-order valence-corrected chi connectivity index (χ2v) is 14.5. The van der Waals surface area contributed by atoms with E-state index in [4.69, 9.17) is 17.6 Å². The number of fused-ring (bicyclic) bond motifs is 3. The Balaban J connectivity index is 1.20. The lowest BCUT2D eigenvalue weighted by Gasteiger charge is -2.24. The maximum absolute atomic E-state index is 13.6. The van der Waals surface area contributed by atoms with Crippen LogP contribution < -0.4 is 5.32 Å². The first kappa shape index (κ1) is 56.1. The minimum Gasteiger partial charge on any atom is -0.448 e. The Morgan fingerprint density at radius 2 is 0.835 bits per heavy atom. The molecule has 2 aliphatic rings. The van der Waals surface area contributed by atoms with Crippen molar-refractivity contribution in [3.8, 4) is 273 Å². The fourth-order valence-electron chi connectivity index (χ4n) is 6.60. The number of carbonyl (C=O) groups excluding carboxylic acids is 3. The molecule has 1 saturated heterocycles. The van der Waals surface area contributed by atoms with Crippen LogP contribution >= 0.6 is 0 Å². The first-order chi connectivity index (χ1) is 39.0. The van der Waals surface area contributed by atoms with Gasteiger partial charge in [-0.15, -0.1) is 12.8 Å². The van der Waals surface area contributed by atoms with Gasteiger partial charge >= 0.3 is 6.09 Å². The zero-order valence-corrected chi connectivity index (χ0v) is 41.3. The predicted octanol–water partition coefficient (Wildman–Crippen LogP) is 4.77. The number of hydrogen-bond donors (Lipinski definition) is 1. The summed E-state index contributed by atoms with van der Waals surface area (Å²) in [4.78, 5) is 43.0. The molecule has 0 aromatic heterocycles. The third-order valence-corrected chi connectivity index (χ3v) is 9.73. The van der Waals surface area contributed by atoms with Gasteiger partial charge in [0.2, 0.25) is 0 Å². The molecule has 3 aromatic carbocycles. The average Bonchev–Trinajstić information content (AvgIpc) is 4.29. The first-order valence-corrected chi connectivity index (χ1v) is 22.8. The molecule has 79 heavy (non-hydrogen) atoms. The topological polar surface area (TPSA) is 79.0 Å². The summed E-state index contributed by atoms with van der Waals surface area (Å²) in [5, 5.41) is 3.10. The molecule has 354 valence electrons. The molecule has 7 nitrogen and oxygen atoms in total. The van der Waals surface area contributed by atoms with E-state index in [1.807, 2.05) is 24.3 Å². The summed E-state index contributed by atoms with van der Waals surface area (Å²) in [7, 11) is 0. The van der Waals surface area contributed by atoms with Gasteiger partial charge in [-0.25, -0.2) is 4.79 Å². The van der Waals surface area contributed by atoms with Gasteiger partial charge in [-0.2, -0.15) is 4.90 Å². The van der Waals surface area contributed by atoms with Crippen molar-refractivity contribution < 1.29 is 19.1 Å². The van der Waals surface area contributed by atoms with Crippen LogP contribution in [0.25, 0.3) is 11.1 Å². The van der Waals surface area contributed by atoms with Crippen molar-refractivity contribution in [2.24, 2.45) is 0 Å². The molecule has 1 heterocycles. The predicted molar refractivity (Wildman–Crippen MR) is 304 cm³/mol. The number of terminal acetylenes is 2. The summed E-state index contributed by atoms with van der Waals surface area (Å²) in [6.07, 6.45) is 10.6. The number of carbonyl (C=O) groups is 3. The van der Waals surface area contributed by atoms with Gasteiger partial charge in [-0.1, -0.05) is 48.5 Å². The fraction of sp³-hybridized carbons (Fsp3) is 0.0972. The maximum Gasteiger partial charge on any atom is 0.410 e. The Hall–Kier alpha value is -13.8. The molecular weight excluding hydrogens is 971 g/mol.